The van der Waals surface area contributed by atoms with Crippen LogP contribution in [0.5, 0.6) is 0 Å². The van der Waals surface area contributed by atoms with Gasteiger partial charge in [0.25, 0.3) is 5.56 Å². The molecule has 0 aliphatic rings. The molecule has 3 aromatic rings. The van der Waals surface area contributed by atoms with Crippen LogP contribution in [0.3, 0.4) is 0 Å². The third-order valence-electron chi connectivity index (χ3n) is 4.79. The maximum atomic E-state index is 13.1. The van der Waals surface area contributed by atoms with E-state index < -0.39 is 0 Å². The zero-order valence-corrected chi connectivity index (χ0v) is 18.1. The minimum Gasteiger partial charge on any atom is -0.379 e. The van der Waals surface area contributed by atoms with E-state index in [1.54, 1.807) is 0 Å². The smallest absolute Gasteiger partial charge is 0.263 e. The van der Waals surface area contributed by atoms with Gasteiger partial charge in [-0.15, -0.1) is 11.3 Å². The number of amides is 1. The second-order valence-corrected chi connectivity index (χ2v) is 8.29. The molecule has 2 aromatic heterocycles. The predicted octanol–water partition coefficient (Wildman–Crippen LogP) is 3.67. The van der Waals surface area contributed by atoms with Crippen LogP contribution < -0.4 is 10.9 Å². The number of hydrogen-bond acceptors (Lipinski definition) is 5. The van der Waals surface area contributed by atoms with Gasteiger partial charge < -0.3 is 10.1 Å². The van der Waals surface area contributed by atoms with Crippen LogP contribution in [0.15, 0.2) is 34.7 Å². The van der Waals surface area contributed by atoms with E-state index in [0.717, 1.165) is 17.5 Å². The van der Waals surface area contributed by atoms with Crippen molar-refractivity contribution in [1.82, 2.24) is 14.9 Å². The average molecular weight is 414 g/mol. The summed E-state index contributed by atoms with van der Waals surface area (Å²) in [5.74, 6) is -0.208. The molecular weight excluding hydrogens is 386 g/mol. The molecule has 0 fully saturated rings. The molecule has 7 heteroatoms. The average Bonchev–Trinajstić information content (AvgIpc) is 3.10. The third-order valence-corrected chi connectivity index (χ3v) is 5.67. The van der Waals surface area contributed by atoms with Crippen LogP contribution in [-0.4, -0.2) is 34.7 Å². The number of nitrogens with one attached hydrogen (secondary N) is 1. The van der Waals surface area contributed by atoms with Crippen molar-refractivity contribution in [2.45, 2.75) is 46.8 Å². The van der Waals surface area contributed by atoms with E-state index in [2.05, 4.69) is 36.3 Å². The number of hydrogen-bond donors (Lipinski definition) is 1. The Bertz CT molecular complexity index is 1070. The summed E-state index contributed by atoms with van der Waals surface area (Å²) in [6.07, 6.45) is 2.36. The highest BCUT2D eigenvalue weighted by Crippen LogP contribution is 2.31. The van der Waals surface area contributed by atoms with Crippen LogP contribution >= 0.6 is 11.3 Å². The van der Waals surface area contributed by atoms with Gasteiger partial charge >= 0.3 is 0 Å². The summed E-state index contributed by atoms with van der Waals surface area (Å²) < 4.78 is 6.83. The second-order valence-electron chi connectivity index (χ2n) is 7.43. The standard InChI is InChI=1S/C22H27N3O3S/c1-14(2)28-9-5-8-23-19(26)11-25-13-24-21-20(22(25)27)18(12-29-21)17-7-6-15(3)16(4)10-17/h6-7,10,12-14H,5,8-9,11H2,1-4H3,(H,23,26). The van der Waals surface area contributed by atoms with Gasteiger partial charge in [-0.3, -0.25) is 14.2 Å². The fourth-order valence-electron chi connectivity index (χ4n) is 3.03. The summed E-state index contributed by atoms with van der Waals surface area (Å²) in [7, 11) is 0. The molecule has 3 rings (SSSR count). The molecule has 2 heterocycles. The van der Waals surface area contributed by atoms with Crippen molar-refractivity contribution < 1.29 is 9.53 Å². The molecule has 0 radical (unpaired) electrons. The van der Waals surface area contributed by atoms with Crippen molar-refractivity contribution in [3.63, 3.8) is 0 Å². The molecule has 29 heavy (non-hydrogen) atoms. The molecule has 0 aliphatic carbocycles. The molecule has 1 aromatic carbocycles. The van der Waals surface area contributed by atoms with Gasteiger partial charge in [0, 0.05) is 24.1 Å². The Kier molecular flexibility index (Phi) is 6.82. The SMILES string of the molecule is Cc1ccc(-c2csc3ncn(CC(=O)NCCCOC(C)C)c(=O)c23)cc1C. The largest absolute Gasteiger partial charge is 0.379 e. The highest BCUT2D eigenvalue weighted by molar-refractivity contribution is 7.17. The first-order valence-corrected chi connectivity index (χ1v) is 10.7. The van der Waals surface area contributed by atoms with Crippen LogP contribution in [0.1, 0.15) is 31.4 Å². The quantitative estimate of drug-likeness (QED) is 0.572. The summed E-state index contributed by atoms with van der Waals surface area (Å²) in [5, 5.41) is 5.36. The Morgan fingerprint density at radius 1 is 1.28 bits per heavy atom. The lowest BCUT2D eigenvalue weighted by molar-refractivity contribution is -0.121. The monoisotopic (exact) mass is 413 g/mol. The molecule has 0 saturated carbocycles. The van der Waals surface area contributed by atoms with Crippen LogP contribution in [0.4, 0.5) is 0 Å². The second kappa shape index (κ2) is 9.33. The van der Waals surface area contributed by atoms with Gasteiger partial charge in [0.15, 0.2) is 0 Å². The normalized spacial score (nSPS) is 11.3. The summed E-state index contributed by atoms with van der Waals surface area (Å²) in [6, 6.07) is 6.16. The molecule has 0 unspecified atom stereocenters. The summed E-state index contributed by atoms with van der Waals surface area (Å²) >= 11 is 1.44. The topological polar surface area (TPSA) is 73.2 Å². The van der Waals surface area contributed by atoms with Crippen molar-refractivity contribution >= 4 is 27.5 Å². The molecule has 154 valence electrons. The van der Waals surface area contributed by atoms with Crippen molar-refractivity contribution in [2.24, 2.45) is 0 Å². The predicted molar refractivity (Wildman–Crippen MR) is 118 cm³/mol. The van der Waals surface area contributed by atoms with Gasteiger partial charge in [0.05, 0.1) is 17.8 Å². The first-order chi connectivity index (χ1) is 13.9. The van der Waals surface area contributed by atoms with Gasteiger partial charge in [-0.2, -0.15) is 0 Å². The Hall–Kier alpha value is -2.51. The molecule has 0 atom stereocenters. The highest BCUT2D eigenvalue weighted by atomic mass is 32.1. The lowest BCUT2D eigenvalue weighted by Gasteiger charge is -2.09. The van der Waals surface area contributed by atoms with E-state index in [0.29, 0.717) is 23.4 Å². The van der Waals surface area contributed by atoms with Gasteiger partial charge in [0.2, 0.25) is 5.91 Å². The highest BCUT2D eigenvalue weighted by Gasteiger charge is 2.15. The summed E-state index contributed by atoms with van der Waals surface area (Å²) in [4.78, 5) is 30.4. The Balaban J connectivity index is 1.76. The minimum atomic E-state index is -0.208. The molecule has 0 bridgehead atoms. The van der Waals surface area contributed by atoms with Crippen molar-refractivity contribution in [3.8, 4) is 11.1 Å². The van der Waals surface area contributed by atoms with Gasteiger partial charge in [-0.05, 0) is 50.8 Å². The van der Waals surface area contributed by atoms with Gasteiger partial charge in [-0.25, -0.2) is 4.98 Å². The first kappa shape index (κ1) is 21.2. The number of rotatable bonds is 8. The van der Waals surface area contributed by atoms with Gasteiger partial charge in [0.1, 0.15) is 11.4 Å². The number of nitrogens with zero attached hydrogens (tertiary/aromatic N) is 2. The van der Waals surface area contributed by atoms with E-state index in [1.165, 1.54) is 33.4 Å². The molecule has 6 nitrogen and oxygen atoms in total. The van der Waals surface area contributed by atoms with Crippen molar-refractivity contribution in [3.05, 3.63) is 51.4 Å². The van der Waals surface area contributed by atoms with E-state index in [4.69, 9.17) is 4.74 Å². The van der Waals surface area contributed by atoms with E-state index in [-0.39, 0.29) is 24.1 Å². The zero-order chi connectivity index (χ0) is 21.0. The number of aryl methyl sites for hydroxylation is 2. The number of ether oxygens (including phenoxy) is 1. The lowest BCUT2D eigenvalue weighted by atomic mass is 10.0. The number of fused-ring (bicyclic) bond motifs is 1. The third kappa shape index (κ3) is 5.10. The molecule has 0 spiro atoms. The van der Waals surface area contributed by atoms with Crippen molar-refractivity contribution in [2.75, 3.05) is 13.2 Å². The molecule has 1 N–H and O–H groups in total. The Labute approximate surface area is 174 Å². The number of aromatic nitrogens is 2. The number of carbonyl (C=O) groups is 1. The van der Waals surface area contributed by atoms with E-state index >= 15 is 0 Å². The molecular formula is C22H27N3O3S. The Morgan fingerprint density at radius 3 is 2.79 bits per heavy atom. The first-order valence-electron chi connectivity index (χ1n) is 9.79. The molecule has 0 aliphatic heterocycles. The number of thiophene rings is 1. The minimum absolute atomic E-state index is 0.0466. The Morgan fingerprint density at radius 2 is 2.07 bits per heavy atom. The maximum Gasteiger partial charge on any atom is 0.263 e. The fraction of sp³-hybridized carbons (Fsp3) is 0.409. The van der Waals surface area contributed by atoms with Crippen LogP contribution in [0.25, 0.3) is 21.3 Å². The van der Waals surface area contributed by atoms with E-state index in [9.17, 15) is 9.59 Å². The molecule has 0 saturated heterocycles. The van der Waals surface area contributed by atoms with E-state index in [1.807, 2.05) is 25.3 Å². The molecule has 1 amide bonds. The zero-order valence-electron chi connectivity index (χ0n) is 17.3. The fourth-order valence-corrected chi connectivity index (χ4v) is 3.94. The van der Waals surface area contributed by atoms with Crippen LogP contribution in [0.2, 0.25) is 0 Å². The van der Waals surface area contributed by atoms with Crippen molar-refractivity contribution in [1.29, 1.82) is 0 Å². The lowest BCUT2D eigenvalue weighted by Crippen LogP contribution is -2.33. The van der Waals surface area contributed by atoms with Crippen LogP contribution in [0, 0.1) is 13.8 Å². The van der Waals surface area contributed by atoms with Gasteiger partial charge in [-0.1, -0.05) is 18.2 Å². The van der Waals surface area contributed by atoms with Crippen LogP contribution in [-0.2, 0) is 16.1 Å². The summed E-state index contributed by atoms with van der Waals surface area (Å²) in [6.45, 7) is 9.14. The number of benzene rings is 1. The number of carbonyl (C=O) groups excluding carboxylic acids is 1. The summed E-state index contributed by atoms with van der Waals surface area (Å²) in [5.41, 5.74) is 4.05. The maximum absolute atomic E-state index is 13.1.